The van der Waals surface area contributed by atoms with E-state index >= 15 is 0 Å². The number of carbonyl (C=O) groups excluding carboxylic acids is 1. The Bertz CT molecular complexity index is 1280. The van der Waals surface area contributed by atoms with Crippen molar-refractivity contribution in [3.8, 4) is 0 Å². The predicted octanol–water partition coefficient (Wildman–Crippen LogP) is 4.50. The monoisotopic (exact) mass is 477 g/mol. The van der Waals surface area contributed by atoms with Gasteiger partial charge in [0.05, 0.1) is 17.7 Å². The molecule has 0 aliphatic heterocycles. The molecule has 0 saturated carbocycles. The van der Waals surface area contributed by atoms with E-state index in [1.807, 2.05) is 36.4 Å². The average Bonchev–Trinajstić information content (AvgIpc) is 3.27. The minimum Gasteiger partial charge on any atom is -0.390 e. The number of fused-ring (bicyclic) bond motifs is 1. The quantitative estimate of drug-likeness (QED) is 0.272. The van der Waals surface area contributed by atoms with Gasteiger partial charge in [0.15, 0.2) is 0 Å². The highest BCUT2D eigenvalue weighted by molar-refractivity contribution is 6.06. The summed E-state index contributed by atoms with van der Waals surface area (Å²) >= 11 is 0. The number of aliphatic hydroxyl groups is 1. The van der Waals surface area contributed by atoms with Crippen molar-refractivity contribution < 1.29 is 18.7 Å². The molecule has 1 heterocycles. The third-order valence-electron chi connectivity index (χ3n) is 6.08. The predicted molar refractivity (Wildman–Crippen MR) is 133 cm³/mol. The number of H-pyrrole nitrogens is 1. The average molecular weight is 478 g/mol. The minimum atomic E-state index is -0.996. The molecule has 0 spiro atoms. The number of nitrogens with one attached hydrogen (secondary N) is 3. The van der Waals surface area contributed by atoms with Crippen LogP contribution in [0.2, 0.25) is 0 Å². The molecule has 5 nitrogen and oxygen atoms in total. The lowest BCUT2D eigenvalue weighted by Gasteiger charge is -2.25. The summed E-state index contributed by atoms with van der Waals surface area (Å²) < 4.78 is 27.6. The summed E-state index contributed by atoms with van der Waals surface area (Å²) in [7, 11) is 0. The molecule has 0 bridgehead atoms. The van der Waals surface area contributed by atoms with Crippen molar-refractivity contribution >= 4 is 16.8 Å². The van der Waals surface area contributed by atoms with Crippen LogP contribution < -0.4 is 10.6 Å². The molecule has 4 aromatic rings. The van der Waals surface area contributed by atoms with Gasteiger partial charge in [-0.05, 0) is 47.7 Å². The molecule has 0 saturated heterocycles. The summed E-state index contributed by atoms with van der Waals surface area (Å²) in [5, 5.41) is 17.8. The highest BCUT2D eigenvalue weighted by Crippen LogP contribution is 2.19. The van der Waals surface area contributed by atoms with E-state index in [1.54, 1.807) is 6.20 Å². The molecule has 4 N–H and O–H groups in total. The molecule has 1 aromatic heterocycles. The summed E-state index contributed by atoms with van der Waals surface area (Å²) in [5.41, 5.74) is 3.91. The second-order valence-electron chi connectivity index (χ2n) is 8.68. The Hall–Kier alpha value is -3.55. The Morgan fingerprint density at radius 3 is 2.49 bits per heavy atom. The number of aryl methyl sites for hydroxylation is 1. The molecule has 1 amide bonds. The van der Waals surface area contributed by atoms with E-state index in [1.165, 1.54) is 17.7 Å². The van der Waals surface area contributed by atoms with Crippen LogP contribution in [-0.2, 0) is 19.4 Å². The molecular formula is C28H29F2N3O2. The third kappa shape index (κ3) is 6.32. The van der Waals surface area contributed by atoms with Crippen LogP contribution in [0.4, 0.5) is 8.78 Å². The maximum absolute atomic E-state index is 13.8. The van der Waals surface area contributed by atoms with E-state index in [0.29, 0.717) is 17.7 Å². The molecule has 0 fully saturated rings. The number of aromatic amines is 1. The summed E-state index contributed by atoms with van der Waals surface area (Å²) in [6, 6.07) is 18.0. The zero-order valence-corrected chi connectivity index (χ0v) is 19.5. The molecule has 0 aliphatic carbocycles. The Labute approximate surface area is 203 Å². The molecule has 35 heavy (non-hydrogen) atoms. The van der Waals surface area contributed by atoms with Gasteiger partial charge in [-0.25, -0.2) is 8.78 Å². The maximum atomic E-state index is 13.8. The number of aliphatic hydroxyl groups excluding tert-OH is 1. The van der Waals surface area contributed by atoms with Gasteiger partial charge in [0.2, 0.25) is 0 Å². The number of hydrogen-bond donors (Lipinski definition) is 4. The molecule has 0 radical (unpaired) electrons. The third-order valence-corrected chi connectivity index (χ3v) is 6.08. The number of aromatic nitrogens is 1. The SMILES string of the molecule is CCc1cccc(CNC[C@H](O)[C@H](Cc2cc(F)cc(F)c2)NC(=O)c2c[nH]c3ccccc23)c1. The van der Waals surface area contributed by atoms with Crippen LogP contribution in [0.3, 0.4) is 0 Å². The lowest BCUT2D eigenvalue weighted by atomic mass is 10.00. The summed E-state index contributed by atoms with van der Waals surface area (Å²) in [6.45, 7) is 2.82. The number of halogens is 2. The first kappa shape index (κ1) is 24.6. The summed E-state index contributed by atoms with van der Waals surface area (Å²) in [4.78, 5) is 16.2. The van der Waals surface area contributed by atoms with Crippen molar-refractivity contribution in [1.82, 2.24) is 15.6 Å². The normalized spacial score (nSPS) is 13.0. The van der Waals surface area contributed by atoms with Crippen LogP contribution in [0, 0.1) is 11.6 Å². The van der Waals surface area contributed by atoms with E-state index in [0.717, 1.165) is 29.0 Å². The van der Waals surface area contributed by atoms with Gasteiger partial charge in [-0.2, -0.15) is 0 Å². The largest absolute Gasteiger partial charge is 0.390 e. The van der Waals surface area contributed by atoms with Crippen LogP contribution in [0.5, 0.6) is 0 Å². The lowest BCUT2D eigenvalue weighted by Crippen LogP contribution is -2.48. The number of rotatable bonds is 10. The second kappa shape index (κ2) is 11.3. The van der Waals surface area contributed by atoms with Crippen LogP contribution in [0.25, 0.3) is 10.9 Å². The topological polar surface area (TPSA) is 77.2 Å². The van der Waals surface area contributed by atoms with E-state index in [2.05, 4.69) is 34.7 Å². The fraction of sp³-hybridized carbons (Fsp3) is 0.250. The van der Waals surface area contributed by atoms with Gasteiger partial charge >= 0.3 is 0 Å². The lowest BCUT2D eigenvalue weighted by molar-refractivity contribution is 0.0831. The molecule has 182 valence electrons. The first-order valence-electron chi connectivity index (χ1n) is 11.7. The molecule has 4 rings (SSSR count). The van der Waals surface area contributed by atoms with Crippen molar-refractivity contribution in [2.24, 2.45) is 0 Å². The van der Waals surface area contributed by atoms with E-state index in [9.17, 15) is 18.7 Å². The Balaban J connectivity index is 1.49. The van der Waals surface area contributed by atoms with Gasteiger partial charge in [-0.3, -0.25) is 4.79 Å². The number of benzene rings is 3. The summed E-state index contributed by atoms with van der Waals surface area (Å²) in [6.07, 6.45) is 1.62. The number of para-hydroxylation sites is 1. The van der Waals surface area contributed by atoms with Crippen molar-refractivity contribution in [2.45, 2.75) is 38.5 Å². The zero-order chi connectivity index (χ0) is 24.8. The van der Waals surface area contributed by atoms with Crippen LogP contribution in [0.15, 0.2) is 72.9 Å². The van der Waals surface area contributed by atoms with E-state index < -0.39 is 23.8 Å². The maximum Gasteiger partial charge on any atom is 0.253 e. The van der Waals surface area contributed by atoms with Crippen LogP contribution >= 0.6 is 0 Å². The molecule has 3 aromatic carbocycles. The number of hydrogen-bond acceptors (Lipinski definition) is 3. The van der Waals surface area contributed by atoms with Gasteiger partial charge in [-0.15, -0.1) is 0 Å². The first-order valence-corrected chi connectivity index (χ1v) is 11.7. The standard InChI is InChI=1S/C28H29F2N3O2/c1-2-18-6-5-7-19(10-18)15-31-17-27(34)26(13-20-11-21(29)14-22(30)12-20)33-28(35)24-16-32-25-9-4-3-8-23(24)25/h3-12,14,16,26-27,31-32,34H,2,13,15,17H2,1H3,(H,33,35)/t26-,27-/m0/s1. The highest BCUT2D eigenvalue weighted by atomic mass is 19.1. The molecule has 7 heteroatoms. The van der Waals surface area contributed by atoms with Crippen molar-refractivity contribution in [1.29, 1.82) is 0 Å². The zero-order valence-electron chi connectivity index (χ0n) is 19.5. The number of amides is 1. The Morgan fingerprint density at radius 2 is 1.71 bits per heavy atom. The van der Waals surface area contributed by atoms with Crippen molar-refractivity contribution in [3.63, 3.8) is 0 Å². The van der Waals surface area contributed by atoms with Gasteiger partial charge in [-0.1, -0.05) is 49.4 Å². The van der Waals surface area contributed by atoms with Gasteiger partial charge < -0.3 is 20.7 Å². The second-order valence-corrected chi connectivity index (χ2v) is 8.68. The smallest absolute Gasteiger partial charge is 0.253 e. The fourth-order valence-corrected chi connectivity index (χ4v) is 4.24. The fourth-order valence-electron chi connectivity index (χ4n) is 4.24. The number of carbonyl (C=O) groups is 1. The molecule has 0 unspecified atom stereocenters. The Kier molecular flexibility index (Phi) is 7.90. The van der Waals surface area contributed by atoms with E-state index in [-0.39, 0.29) is 18.9 Å². The first-order chi connectivity index (χ1) is 16.9. The molecular weight excluding hydrogens is 448 g/mol. The van der Waals surface area contributed by atoms with Crippen LogP contribution in [-0.4, -0.2) is 34.7 Å². The van der Waals surface area contributed by atoms with Crippen LogP contribution in [0.1, 0.15) is 34.0 Å². The molecule has 0 aliphatic rings. The van der Waals surface area contributed by atoms with Crippen molar-refractivity contribution in [3.05, 3.63) is 107 Å². The van der Waals surface area contributed by atoms with Gasteiger partial charge in [0, 0.05) is 36.3 Å². The van der Waals surface area contributed by atoms with E-state index in [4.69, 9.17) is 0 Å². The van der Waals surface area contributed by atoms with Gasteiger partial charge in [0.1, 0.15) is 11.6 Å². The highest BCUT2D eigenvalue weighted by Gasteiger charge is 2.24. The van der Waals surface area contributed by atoms with Gasteiger partial charge in [0.25, 0.3) is 5.91 Å². The molecule has 2 atom stereocenters. The summed E-state index contributed by atoms with van der Waals surface area (Å²) in [5.74, 6) is -1.78. The Morgan fingerprint density at radius 1 is 0.971 bits per heavy atom. The minimum absolute atomic E-state index is 0.0664. The van der Waals surface area contributed by atoms with Crippen molar-refractivity contribution in [2.75, 3.05) is 6.54 Å².